The topological polar surface area (TPSA) is 43.6 Å². The monoisotopic (exact) mass is 278 g/mol. The van der Waals surface area contributed by atoms with E-state index < -0.39 is 0 Å². The summed E-state index contributed by atoms with van der Waals surface area (Å²) in [6, 6.07) is 1.91. The van der Waals surface area contributed by atoms with Crippen LogP contribution in [0, 0.1) is 0 Å². The van der Waals surface area contributed by atoms with Crippen molar-refractivity contribution in [3.05, 3.63) is 28.9 Å². The second-order valence-electron chi connectivity index (χ2n) is 4.07. The van der Waals surface area contributed by atoms with Gasteiger partial charge in [0.05, 0.1) is 0 Å². The Morgan fingerprint density at radius 1 is 1.38 bits per heavy atom. The van der Waals surface area contributed by atoms with Gasteiger partial charge in [-0.05, 0) is 28.8 Å². The Kier molecular flexibility index (Phi) is 2.28. The predicted molar refractivity (Wildman–Crippen MR) is 63.9 cm³/mol. The van der Waals surface area contributed by atoms with Crippen LogP contribution in [0.1, 0.15) is 24.6 Å². The highest BCUT2D eigenvalue weighted by molar-refractivity contribution is 9.10. The van der Waals surface area contributed by atoms with Gasteiger partial charge in [0.15, 0.2) is 5.82 Å². The molecule has 0 spiro atoms. The zero-order chi connectivity index (χ0) is 11.1. The van der Waals surface area contributed by atoms with Crippen LogP contribution in [0.3, 0.4) is 0 Å². The summed E-state index contributed by atoms with van der Waals surface area (Å²) in [6.45, 7) is 0. The smallest absolute Gasteiger partial charge is 0.158 e. The molecule has 0 radical (unpaired) electrons. The molecule has 1 fully saturated rings. The highest BCUT2D eigenvalue weighted by Gasteiger charge is 2.27. The number of rotatable bonds is 2. The third kappa shape index (κ3) is 1.75. The zero-order valence-corrected chi connectivity index (χ0v) is 10.5. The molecular formula is C11H11BrN4. The molecule has 0 unspecified atom stereocenters. The highest BCUT2D eigenvalue weighted by Crippen LogP contribution is 2.39. The molecule has 0 amide bonds. The van der Waals surface area contributed by atoms with E-state index in [2.05, 4.69) is 30.9 Å². The molecule has 1 aliphatic rings. The molecule has 0 saturated heterocycles. The number of hydrogen-bond donors (Lipinski definition) is 0. The fourth-order valence-corrected chi connectivity index (χ4v) is 2.08. The summed E-state index contributed by atoms with van der Waals surface area (Å²) in [5, 5.41) is 0. The minimum absolute atomic E-state index is 0.552. The van der Waals surface area contributed by atoms with Crippen molar-refractivity contribution in [3.8, 4) is 11.5 Å². The molecule has 2 heterocycles. The van der Waals surface area contributed by atoms with Crippen LogP contribution in [0.25, 0.3) is 11.5 Å². The highest BCUT2D eigenvalue weighted by atomic mass is 79.9. The Morgan fingerprint density at radius 2 is 2.19 bits per heavy atom. The molecule has 3 rings (SSSR count). The standard InChI is InChI=1S/C11H11BrN4/c1-16-5-4-13-11(16)8-6-9(12)15-10(14-8)7-2-3-7/h4-7H,2-3H2,1H3. The summed E-state index contributed by atoms with van der Waals surface area (Å²) >= 11 is 3.43. The second-order valence-corrected chi connectivity index (χ2v) is 4.88. The molecule has 16 heavy (non-hydrogen) atoms. The number of halogens is 1. The first-order chi connectivity index (χ1) is 7.74. The van der Waals surface area contributed by atoms with E-state index in [0.29, 0.717) is 5.92 Å². The van der Waals surface area contributed by atoms with Crippen molar-refractivity contribution in [1.82, 2.24) is 19.5 Å². The maximum atomic E-state index is 4.57. The number of aryl methyl sites for hydroxylation is 1. The Hall–Kier alpha value is -1.23. The van der Waals surface area contributed by atoms with Crippen molar-refractivity contribution in [2.24, 2.45) is 7.05 Å². The van der Waals surface area contributed by atoms with E-state index in [1.807, 2.05) is 23.9 Å². The predicted octanol–water partition coefficient (Wildman–Crippen LogP) is 2.52. The fourth-order valence-electron chi connectivity index (χ4n) is 1.69. The van der Waals surface area contributed by atoms with Gasteiger partial charge in [-0.2, -0.15) is 0 Å². The quantitative estimate of drug-likeness (QED) is 0.793. The molecule has 0 aliphatic heterocycles. The van der Waals surface area contributed by atoms with Crippen molar-refractivity contribution in [2.45, 2.75) is 18.8 Å². The summed E-state index contributed by atoms with van der Waals surface area (Å²) < 4.78 is 2.80. The van der Waals surface area contributed by atoms with Crippen molar-refractivity contribution in [1.29, 1.82) is 0 Å². The third-order valence-electron chi connectivity index (χ3n) is 2.70. The SMILES string of the molecule is Cn1ccnc1-c1cc(Br)nc(C2CC2)n1. The molecule has 2 aromatic rings. The van der Waals surface area contributed by atoms with Crippen LogP contribution >= 0.6 is 15.9 Å². The zero-order valence-electron chi connectivity index (χ0n) is 8.89. The van der Waals surface area contributed by atoms with Gasteiger partial charge in [-0.3, -0.25) is 0 Å². The van der Waals surface area contributed by atoms with Crippen LogP contribution in [-0.4, -0.2) is 19.5 Å². The van der Waals surface area contributed by atoms with Gasteiger partial charge >= 0.3 is 0 Å². The number of imidazole rings is 1. The lowest BCUT2D eigenvalue weighted by molar-refractivity contribution is 0.883. The molecule has 5 heteroatoms. The van der Waals surface area contributed by atoms with E-state index in [9.17, 15) is 0 Å². The largest absolute Gasteiger partial charge is 0.333 e. The summed E-state index contributed by atoms with van der Waals surface area (Å²) in [7, 11) is 1.97. The van der Waals surface area contributed by atoms with Crippen LogP contribution < -0.4 is 0 Å². The molecule has 0 aromatic carbocycles. The summed E-state index contributed by atoms with van der Waals surface area (Å²) in [6.07, 6.45) is 6.11. The first-order valence-corrected chi connectivity index (χ1v) is 6.05. The third-order valence-corrected chi connectivity index (χ3v) is 3.11. The Morgan fingerprint density at radius 3 is 2.81 bits per heavy atom. The molecule has 0 atom stereocenters. The van der Waals surface area contributed by atoms with Crippen LogP contribution in [0.5, 0.6) is 0 Å². The minimum atomic E-state index is 0.552. The lowest BCUT2D eigenvalue weighted by atomic mass is 10.3. The van der Waals surface area contributed by atoms with Gasteiger partial charge < -0.3 is 4.57 Å². The Bertz CT molecular complexity index is 531. The minimum Gasteiger partial charge on any atom is -0.333 e. The van der Waals surface area contributed by atoms with Gasteiger partial charge in [0.2, 0.25) is 0 Å². The Balaban J connectivity index is 2.10. The average Bonchev–Trinajstić information content (AvgIpc) is 3.01. The van der Waals surface area contributed by atoms with Gasteiger partial charge in [-0.15, -0.1) is 0 Å². The molecule has 1 saturated carbocycles. The van der Waals surface area contributed by atoms with E-state index in [-0.39, 0.29) is 0 Å². The van der Waals surface area contributed by atoms with Crippen LogP contribution in [-0.2, 0) is 7.05 Å². The summed E-state index contributed by atoms with van der Waals surface area (Å²) in [5.41, 5.74) is 0.885. The van der Waals surface area contributed by atoms with Crippen molar-refractivity contribution >= 4 is 15.9 Å². The first kappa shape index (κ1) is 9.96. The van der Waals surface area contributed by atoms with Gasteiger partial charge in [0, 0.05) is 31.4 Å². The van der Waals surface area contributed by atoms with Crippen LogP contribution in [0.2, 0.25) is 0 Å². The van der Waals surface area contributed by atoms with Gasteiger partial charge in [-0.25, -0.2) is 15.0 Å². The maximum Gasteiger partial charge on any atom is 0.158 e. The molecule has 2 aromatic heterocycles. The van der Waals surface area contributed by atoms with E-state index in [1.54, 1.807) is 6.20 Å². The molecule has 82 valence electrons. The fraction of sp³-hybridized carbons (Fsp3) is 0.364. The van der Waals surface area contributed by atoms with Gasteiger partial charge in [0.25, 0.3) is 0 Å². The average molecular weight is 279 g/mol. The van der Waals surface area contributed by atoms with Crippen molar-refractivity contribution < 1.29 is 0 Å². The Labute approximate surface area is 102 Å². The lowest BCUT2D eigenvalue weighted by Gasteiger charge is -2.04. The normalized spacial score (nSPS) is 15.4. The first-order valence-electron chi connectivity index (χ1n) is 5.26. The summed E-state index contributed by atoms with van der Waals surface area (Å²) in [4.78, 5) is 13.3. The van der Waals surface area contributed by atoms with E-state index in [4.69, 9.17) is 0 Å². The van der Waals surface area contributed by atoms with Gasteiger partial charge in [0.1, 0.15) is 16.1 Å². The van der Waals surface area contributed by atoms with Crippen LogP contribution in [0.15, 0.2) is 23.1 Å². The lowest BCUT2D eigenvalue weighted by Crippen LogP contribution is -1.99. The van der Waals surface area contributed by atoms with Crippen LogP contribution in [0.4, 0.5) is 0 Å². The molecule has 4 nitrogen and oxygen atoms in total. The van der Waals surface area contributed by atoms with Crippen molar-refractivity contribution in [3.63, 3.8) is 0 Å². The number of aromatic nitrogens is 4. The molecule has 0 bridgehead atoms. The molecule has 1 aliphatic carbocycles. The van der Waals surface area contributed by atoms with Gasteiger partial charge in [-0.1, -0.05) is 0 Å². The number of hydrogen-bond acceptors (Lipinski definition) is 3. The maximum absolute atomic E-state index is 4.57. The summed E-state index contributed by atoms with van der Waals surface area (Å²) in [5.74, 6) is 2.37. The molecule has 0 N–H and O–H groups in total. The molecular weight excluding hydrogens is 268 g/mol. The number of nitrogens with zero attached hydrogens (tertiary/aromatic N) is 4. The second kappa shape index (κ2) is 3.66. The van der Waals surface area contributed by atoms with E-state index in [0.717, 1.165) is 21.9 Å². The van der Waals surface area contributed by atoms with E-state index in [1.165, 1.54) is 12.8 Å². The van der Waals surface area contributed by atoms with Crippen molar-refractivity contribution in [2.75, 3.05) is 0 Å². The van der Waals surface area contributed by atoms with E-state index >= 15 is 0 Å².